The van der Waals surface area contributed by atoms with Crippen molar-refractivity contribution in [3.8, 4) is 5.75 Å². The van der Waals surface area contributed by atoms with E-state index in [4.69, 9.17) is 9.15 Å². The van der Waals surface area contributed by atoms with Gasteiger partial charge in [0, 0.05) is 11.0 Å². The van der Waals surface area contributed by atoms with E-state index in [1.807, 2.05) is 44.4 Å². The van der Waals surface area contributed by atoms with Gasteiger partial charge in [0.2, 0.25) is 5.76 Å². The normalized spacial score (nSPS) is 15.3. The number of nitrogens with zero attached hydrogens (tertiary/aromatic N) is 2. The fraction of sp³-hybridized carbons (Fsp3) is 0.429. The number of benzene rings is 2. The Morgan fingerprint density at radius 3 is 2.51 bits per heavy atom. The highest BCUT2D eigenvalue weighted by Crippen LogP contribution is 2.39. The standard InChI is InChI=1S/C28H33BrN2O4/c1-4-5-6-7-17-34-21-12-9-19(10-13-21)25-24-26(32)22-18-20(29)11-14-23(22)35-27(24)28(33)31(25)16-8-15-30(2)3/h9-14,18,25H,4-8,15-17H2,1-3H3. The molecule has 1 unspecified atom stereocenters. The van der Waals surface area contributed by atoms with Gasteiger partial charge in [-0.1, -0.05) is 54.2 Å². The molecule has 7 heteroatoms. The van der Waals surface area contributed by atoms with E-state index in [-0.39, 0.29) is 17.1 Å². The van der Waals surface area contributed by atoms with E-state index in [1.54, 1.807) is 17.0 Å². The summed E-state index contributed by atoms with van der Waals surface area (Å²) >= 11 is 3.44. The average Bonchev–Trinajstić information content (AvgIpc) is 3.11. The Labute approximate surface area is 215 Å². The van der Waals surface area contributed by atoms with Crippen LogP contribution >= 0.6 is 15.9 Å². The summed E-state index contributed by atoms with van der Waals surface area (Å²) in [6, 6.07) is 12.6. The summed E-state index contributed by atoms with van der Waals surface area (Å²) in [6.45, 7) is 4.25. The summed E-state index contributed by atoms with van der Waals surface area (Å²) in [7, 11) is 4.02. The molecule has 4 rings (SSSR count). The maximum Gasteiger partial charge on any atom is 0.290 e. The topological polar surface area (TPSA) is 63.0 Å². The lowest BCUT2D eigenvalue weighted by Gasteiger charge is -2.26. The van der Waals surface area contributed by atoms with Crippen molar-refractivity contribution in [1.82, 2.24) is 9.80 Å². The quantitative estimate of drug-likeness (QED) is 0.278. The highest BCUT2D eigenvalue weighted by molar-refractivity contribution is 9.10. The van der Waals surface area contributed by atoms with E-state index in [9.17, 15) is 9.59 Å². The van der Waals surface area contributed by atoms with Gasteiger partial charge in [-0.25, -0.2) is 0 Å². The second-order valence-electron chi connectivity index (χ2n) is 9.35. The van der Waals surface area contributed by atoms with Crippen molar-refractivity contribution in [1.29, 1.82) is 0 Å². The lowest BCUT2D eigenvalue weighted by molar-refractivity contribution is 0.0722. The Bertz CT molecular complexity index is 1240. The van der Waals surface area contributed by atoms with Gasteiger partial charge in [0.15, 0.2) is 5.43 Å². The number of ether oxygens (including phenoxy) is 1. The van der Waals surface area contributed by atoms with Gasteiger partial charge in [-0.3, -0.25) is 9.59 Å². The van der Waals surface area contributed by atoms with Crippen LogP contribution in [0.4, 0.5) is 0 Å². The summed E-state index contributed by atoms with van der Waals surface area (Å²) in [4.78, 5) is 31.0. The first-order chi connectivity index (χ1) is 16.9. The zero-order chi connectivity index (χ0) is 24.9. The fourth-order valence-electron chi connectivity index (χ4n) is 4.59. The van der Waals surface area contributed by atoms with Crippen LogP contribution in [-0.2, 0) is 0 Å². The van der Waals surface area contributed by atoms with E-state index in [2.05, 4.69) is 27.8 Å². The molecule has 1 aromatic heterocycles. The molecule has 2 aromatic carbocycles. The molecule has 35 heavy (non-hydrogen) atoms. The predicted octanol–water partition coefficient (Wildman–Crippen LogP) is 6.01. The first kappa shape index (κ1) is 25.5. The maximum absolute atomic E-state index is 13.6. The third-order valence-electron chi connectivity index (χ3n) is 6.39. The second-order valence-corrected chi connectivity index (χ2v) is 10.3. The predicted molar refractivity (Wildman–Crippen MR) is 142 cm³/mol. The van der Waals surface area contributed by atoms with Crippen LogP contribution in [0, 0.1) is 0 Å². The van der Waals surface area contributed by atoms with Gasteiger partial charge in [-0.05, 0) is 69.4 Å². The molecule has 0 radical (unpaired) electrons. The summed E-state index contributed by atoms with van der Waals surface area (Å²) in [6.07, 6.45) is 5.40. The zero-order valence-corrected chi connectivity index (χ0v) is 22.3. The van der Waals surface area contributed by atoms with Crippen molar-refractivity contribution in [2.45, 2.75) is 45.1 Å². The molecule has 1 aliphatic rings. The van der Waals surface area contributed by atoms with E-state index >= 15 is 0 Å². The third kappa shape index (κ3) is 5.62. The van der Waals surface area contributed by atoms with E-state index < -0.39 is 6.04 Å². The molecule has 1 aliphatic heterocycles. The minimum Gasteiger partial charge on any atom is -0.494 e. The zero-order valence-electron chi connectivity index (χ0n) is 20.7. The van der Waals surface area contributed by atoms with Crippen LogP contribution in [0.25, 0.3) is 11.0 Å². The van der Waals surface area contributed by atoms with Gasteiger partial charge in [0.1, 0.15) is 11.3 Å². The molecule has 6 nitrogen and oxygen atoms in total. The smallest absolute Gasteiger partial charge is 0.290 e. The number of amides is 1. The summed E-state index contributed by atoms with van der Waals surface area (Å²) in [5.41, 5.74) is 1.55. The number of hydrogen-bond acceptors (Lipinski definition) is 5. The minimum atomic E-state index is -0.488. The molecule has 1 atom stereocenters. The summed E-state index contributed by atoms with van der Waals surface area (Å²) < 4.78 is 12.7. The first-order valence-corrected chi connectivity index (χ1v) is 13.1. The van der Waals surface area contributed by atoms with E-state index in [0.29, 0.717) is 29.7 Å². The minimum absolute atomic E-state index is 0.149. The van der Waals surface area contributed by atoms with Gasteiger partial charge >= 0.3 is 0 Å². The second kappa shape index (κ2) is 11.4. The number of carbonyl (C=O) groups is 1. The van der Waals surface area contributed by atoms with Crippen molar-refractivity contribution in [3.05, 3.63) is 74.0 Å². The largest absolute Gasteiger partial charge is 0.494 e. The molecule has 0 aliphatic carbocycles. The van der Waals surface area contributed by atoms with Crippen molar-refractivity contribution in [2.75, 3.05) is 33.8 Å². The van der Waals surface area contributed by atoms with Crippen LogP contribution < -0.4 is 10.2 Å². The Kier molecular flexibility index (Phi) is 8.29. The Morgan fingerprint density at radius 1 is 1.03 bits per heavy atom. The molecule has 0 fully saturated rings. The van der Waals surface area contributed by atoms with Crippen molar-refractivity contribution in [3.63, 3.8) is 0 Å². The molecule has 186 valence electrons. The van der Waals surface area contributed by atoms with Gasteiger partial charge in [-0.2, -0.15) is 0 Å². The van der Waals surface area contributed by atoms with Crippen molar-refractivity contribution in [2.24, 2.45) is 0 Å². The molecule has 0 saturated heterocycles. The molecular formula is C28H33BrN2O4. The SMILES string of the molecule is CCCCCCOc1ccc(C2c3c(oc4ccc(Br)cc4c3=O)C(=O)N2CCCN(C)C)cc1. The monoisotopic (exact) mass is 540 g/mol. The lowest BCUT2D eigenvalue weighted by Crippen LogP contribution is -2.32. The molecule has 0 saturated carbocycles. The van der Waals surface area contributed by atoms with Gasteiger partial charge < -0.3 is 19.0 Å². The number of carbonyl (C=O) groups excluding carboxylic acids is 1. The Morgan fingerprint density at radius 2 is 1.80 bits per heavy atom. The van der Waals surface area contributed by atoms with Crippen LogP contribution in [0.2, 0.25) is 0 Å². The number of rotatable bonds is 11. The van der Waals surface area contributed by atoms with Crippen LogP contribution in [0.1, 0.15) is 66.8 Å². The molecule has 0 bridgehead atoms. The highest BCUT2D eigenvalue weighted by Gasteiger charge is 2.42. The molecule has 0 N–H and O–H groups in total. The van der Waals surface area contributed by atoms with E-state index in [1.165, 1.54) is 12.8 Å². The van der Waals surface area contributed by atoms with Gasteiger partial charge in [0.05, 0.1) is 23.6 Å². The molecular weight excluding hydrogens is 508 g/mol. The van der Waals surface area contributed by atoms with Crippen LogP contribution in [0.5, 0.6) is 5.75 Å². The van der Waals surface area contributed by atoms with Crippen LogP contribution in [-0.4, -0.2) is 49.5 Å². The summed E-state index contributed by atoms with van der Waals surface area (Å²) in [5.74, 6) is 0.710. The highest BCUT2D eigenvalue weighted by atomic mass is 79.9. The molecule has 1 amide bonds. The molecule has 3 aromatic rings. The first-order valence-electron chi connectivity index (χ1n) is 12.4. The summed E-state index contributed by atoms with van der Waals surface area (Å²) in [5, 5.41) is 0.470. The van der Waals surface area contributed by atoms with Crippen molar-refractivity contribution < 1.29 is 13.9 Å². The number of hydrogen-bond donors (Lipinski definition) is 0. The van der Waals surface area contributed by atoms with Gasteiger partial charge in [-0.15, -0.1) is 0 Å². The maximum atomic E-state index is 13.6. The lowest BCUT2D eigenvalue weighted by atomic mass is 9.98. The fourth-order valence-corrected chi connectivity index (χ4v) is 4.95. The molecule has 0 spiro atoms. The Balaban J connectivity index is 1.67. The van der Waals surface area contributed by atoms with E-state index in [0.717, 1.165) is 41.6 Å². The molecule has 2 heterocycles. The number of fused-ring (bicyclic) bond motifs is 2. The average molecular weight is 541 g/mol. The van der Waals surface area contributed by atoms with Crippen LogP contribution in [0.3, 0.4) is 0 Å². The Hall–Kier alpha value is -2.64. The van der Waals surface area contributed by atoms with Gasteiger partial charge in [0.25, 0.3) is 5.91 Å². The number of unbranched alkanes of at least 4 members (excludes halogenated alkanes) is 3. The van der Waals surface area contributed by atoms with Crippen LogP contribution in [0.15, 0.2) is 56.1 Å². The third-order valence-corrected chi connectivity index (χ3v) is 6.89. The number of halogens is 1. The van der Waals surface area contributed by atoms with Crippen molar-refractivity contribution >= 4 is 32.8 Å².